The van der Waals surface area contributed by atoms with E-state index >= 15 is 0 Å². The van der Waals surface area contributed by atoms with Crippen molar-refractivity contribution < 1.29 is 9.53 Å². The number of rotatable bonds is 3. The van der Waals surface area contributed by atoms with Crippen LogP contribution in [0.5, 0.6) is 5.75 Å². The van der Waals surface area contributed by atoms with E-state index in [1.807, 2.05) is 23.1 Å². The minimum Gasteiger partial charge on any atom is -0.497 e. The van der Waals surface area contributed by atoms with Crippen molar-refractivity contribution in [3.05, 3.63) is 29.8 Å². The van der Waals surface area contributed by atoms with Crippen LogP contribution in [0.25, 0.3) is 0 Å². The molecule has 0 saturated carbocycles. The molecule has 1 heterocycles. The maximum absolute atomic E-state index is 12.3. The van der Waals surface area contributed by atoms with Crippen LogP contribution in [0.1, 0.15) is 23.2 Å². The van der Waals surface area contributed by atoms with Gasteiger partial charge in [-0.1, -0.05) is 22.0 Å². The average Bonchev–Trinajstić information content (AvgIpc) is 2.46. The van der Waals surface area contributed by atoms with Crippen LogP contribution >= 0.6 is 15.9 Å². The maximum atomic E-state index is 12.3. The normalized spacial score (nSPS) is 16.7. The first-order valence-corrected chi connectivity index (χ1v) is 7.36. The molecule has 0 unspecified atom stereocenters. The molecule has 1 aliphatic heterocycles. The number of alkyl halides is 1. The van der Waals surface area contributed by atoms with Crippen LogP contribution in [-0.2, 0) is 0 Å². The van der Waals surface area contributed by atoms with E-state index in [0.717, 1.165) is 37.0 Å². The van der Waals surface area contributed by atoms with Gasteiger partial charge < -0.3 is 9.64 Å². The summed E-state index contributed by atoms with van der Waals surface area (Å²) in [5.41, 5.74) is 0.714. The SMILES string of the molecule is COc1cccc(C(=O)N2CCC(CBr)CC2)c1. The molecule has 0 spiro atoms. The summed E-state index contributed by atoms with van der Waals surface area (Å²) in [4.78, 5) is 14.3. The number of hydrogen-bond acceptors (Lipinski definition) is 2. The Hall–Kier alpha value is -1.03. The van der Waals surface area contributed by atoms with E-state index in [-0.39, 0.29) is 5.91 Å². The number of hydrogen-bond donors (Lipinski definition) is 0. The molecule has 18 heavy (non-hydrogen) atoms. The number of nitrogens with zero attached hydrogens (tertiary/aromatic N) is 1. The van der Waals surface area contributed by atoms with Crippen molar-refractivity contribution in [1.29, 1.82) is 0 Å². The molecule has 0 aliphatic carbocycles. The first-order chi connectivity index (χ1) is 8.74. The van der Waals surface area contributed by atoms with Gasteiger partial charge in [-0.15, -0.1) is 0 Å². The monoisotopic (exact) mass is 311 g/mol. The molecule has 0 aromatic heterocycles. The lowest BCUT2D eigenvalue weighted by Crippen LogP contribution is -2.38. The summed E-state index contributed by atoms with van der Waals surface area (Å²) in [5.74, 6) is 1.55. The molecule has 3 nitrogen and oxygen atoms in total. The summed E-state index contributed by atoms with van der Waals surface area (Å²) in [6.07, 6.45) is 2.17. The predicted molar refractivity (Wildman–Crippen MR) is 75.4 cm³/mol. The fourth-order valence-corrected chi connectivity index (χ4v) is 2.88. The second kappa shape index (κ2) is 6.23. The fourth-order valence-electron chi connectivity index (χ4n) is 2.23. The standard InChI is InChI=1S/C14H18BrNO2/c1-18-13-4-2-3-12(9-13)14(17)16-7-5-11(10-15)6-8-16/h2-4,9,11H,5-8,10H2,1H3. The minimum absolute atomic E-state index is 0.113. The van der Waals surface area contributed by atoms with Gasteiger partial charge in [0.25, 0.3) is 5.91 Å². The van der Waals surface area contributed by atoms with Gasteiger partial charge in [-0.3, -0.25) is 4.79 Å². The third kappa shape index (κ3) is 3.05. The lowest BCUT2D eigenvalue weighted by atomic mass is 9.98. The summed E-state index contributed by atoms with van der Waals surface area (Å²) < 4.78 is 5.15. The lowest BCUT2D eigenvalue weighted by molar-refractivity contribution is 0.0698. The zero-order valence-electron chi connectivity index (χ0n) is 10.6. The fraction of sp³-hybridized carbons (Fsp3) is 0.500. The molecule has 1 amide bonds. The Balaban J connectivity index is 2.03. The third-order valence-corrected chi connectivity index (χ3v) is 4.35. The van der Waals surface area contributed by atoms with Gasteiger partial charge in [0.15, 0.2) is 0 Å². The van der Waals surface area contributed by atoms with Crippen molar-refractivity contribution >= 4 is 21.8 Å². The van der Waals surface area contributed by atoms with Gasteiger partial charge >= 0.3 is 0 Å². The van der Waals surface area contributed by atoms with Crippen LogP contribution in [0, 0.1) is 5.92 Å². The first kappa shape index (κ1) is 13.4. The van der Waals surface area contributed by atoms with E-state index in [1.54, 1.807) is 13.2 Å². The molecule has 1 aromatic rings. The minimum atomic E-state index is 0.113. The molecule has 1 saturated heterocycles. The molecule has 2 rings (SSSR count). The largest absolute Gasteiger partial charge is 0.497 e. The Labute approximate surface area is 116 Å². The molecule has 0 N–H and O–H groups in total. The first-order valence-electron chi connectivity index (χ1n) is 6.24. The third-order valence-electron chi connectivity index (χ3n) is 3.44. The van der Waals surface area contributed by atoms with Crippen molar-refractivity contribution in [2.24, 2.45) is 5.92 Å². The number of amides is 1. The van der Waals surface area contributed by atoms with E-state index in [9.17, 15) is 4.79 Å². The molecule has 0 radical (unpaired) electrons. The van der Waals surface area contributed by atoms with Gasteiger partial charge in [0.1, 0.15) is 5.75 Å². The summed E-state index contributed by atoms with van der Waals surface area (Å²) in [6.45, 7) is 1.71. The number of carbonyl (C=O) groups excluding carboxylic acids is 1. The van der Waals surface area contributed by atoms with Gasteiger partial charge in [0, 0.05) is 24.0 Å². The Morgan fingerprint density at radius 3 is 2.78 bits per heavy atom. The smallest absolute Gasteiger partial charge is 0.253 e. The van der Waals surface area contributed by atoms with E-state index < -0.39 is 0 Å². The molecule has 1 aliphatic rings. The molecular formula is C14H18BrNO2. The lowest BCUT2D eigenvalue weighted by Gasteiger charge is -2.31. The molecule has 0 bridgehead atoms. The van der Waals surface area contributed by atoms with E-state index in [1.165, 1.54) is 0 Å². The summed E-state index contributed by atoms with van der Waals surface area (Å²) in [7, 11) is 1.62. The van der Waals surface area contributed by atoms with E-state index in [4.69, 9.17) is 4.74 Å². The second-order valence-corrected chi connectivity index (χ2v) is 5.27. The Morgan fingerprint density at radius 2 is 2.17 bits per heavy atom. The van der Waals surface area contributed by atoms with Gasteiger partial charge in [0.05, 0.1) is 7.11 Å². The molecule has 1 fully saturated rings. The number of halogens is 1. The number of ether oxygens (including phenoxy) is 1. The van der Waals surface area contributed by atoms with Crippen LogP contribution in [-0.4, -0.2) is 36.3 Å². The average molecular weight is 312 g/mol. The second-order valence-electron chi connectivity index (χ2n) is 4.62. The zero-order valence-corrected chi connectivity index (χ0v) is 12.1. The molecule has 1 aromatic carbocycles. The Morgan fingerprint density at radius 1 is 1.44 bits per heavy atom. The van der Waals surface area contributed by atoms with Crippen LogP contribution in [0.3, 0.4) is 0 Å². The van der Waals surface area contributed by atoms with Crippen molar-refractivity contribution in [2.45, 2.75) is 12.8 Å². The number of benzene rings is 1. The highest BCUT2D eigenvalue weighted by Gasteiger charge is 2.23. The Kier molecular flexibility index (Phi) is 4.64. The number of carbonyl (C=O) groups is 1. The number of methoxy groups -OCH3 is 1. The summed E-state index contributed by atoms with van der Waals surface area (Å²) in [6, 6.07) is 7.37. The van der Waals surface area contributed by atoms with Gasteiger partial charge in [-0.25, -0.2) is 0 Å². The highest BCUT2D eigenvalue weighted by Crippen LogP contribution is 2.21. The molecular weight excluding hydrogens is 294 g/mol. The Bertz CT molecular complexity index is 414. The van der Waals surface area contributed by atoms with Gasteiger partial charge in [-0.2, -0.15) is 0 Å². The van der Waals surface area contributed by atoms with E-state index in [0.29, 0.717) is 11.5 Å². The van der Waals surface area contributed by atoms with Crippen molar-refractivity contribution in [3.8, 4) is 5.75 Å². The molecule has 4 heteroatoms. The predicted octanol–water partition coefficient (Wildman–Crippen LogP) is 2.94. The van der Waals surface area contributed by atoms with Crippen molar-refractivity contribution in [2.75, 3.05) is 25.5 Å². The van der Waals surface area contributed by atoms with Gasteiger partial charge in [0.2, 0.25) is 0 Å². The highest BCUT2D eigenvalue weighted by molar-refractivity contribution is 9.09. The van der Waals surface area contributed by atoms with Crippen molar-refractivity contribution in [1.82, 2.24) is 4.90 Å². The van der Waals surface area contributed by atoms with Crippen molar-refractivity contribution in [3.63, 3.8) is 0 Å². The van der Waals surface area contributed by atoms with Crippen LogP contribution in [0.15, 0.2) is 24.3 Å². The van der Waals surface area contributed by atoms with E-state index in [2.05, 4.69) is 15.9 Å². The highest BCUT2D eigenvalue weighted by atomic mass is 79.9. The summed E-state index contributed by atoms with van der Waals surface area (Å²) in [5, 5.41) is 1.04. The van der Waals surface area contributed by atoms with Crippen LogP contribution in [0.4, 0.5) is 0 Å². The maximum Gasteiger partial charge on any atom is 0.253 e. The molecule has 0 atom stereocenters. The topological polar surface area (TPSA) is 29.5 Å². The summed E-state index contributed by atoms with van der Waals surface area (Å²) >= 11 is 3.51. The zero-order chi connectivity index (χ0) is 13.0. The number of piperidine rings is 1. The van der Waals surface area contributed by atoms with Gasteiger partial charge in [-0.05, 0) is 37.0 Å². The van der Waals surface area contributed by atoms with Crippen LogP contribution in [0.2, 0.25) is 0 Å². The molecule has 98 valence electrons. The van der Waals surface area contributed by atoms with Crippen LogP contribution < -0.4 is 4.74 Å². The quantitative estimate of drug-likeness (QED) is 0.803. The number of likely N-dealkylation sites (tertiary alicyclic amines) is 1.